The summed E-state index contributed by atoms with van der Waals surface area (Å²) in [6.07, 6.45) is 2.87. The summed E-state index contributed by atoms with van der Waals surface area (Å²) in [4.78, 5) is 23.2. The molecule has 2 amide bonds. The summed E-state index contributed by atoms with van der Waals surface area (Å²) in [5, 5.41) is 0. The molecule has 0 aromatic heterocycles. The smallest absolute Gasteiger partial charge is 0.256 e. The SMILES string of the molecule is C=CCN1C(=O)C=C(C)C1=O. The minimum absolute atomic E-state index is 0.213. The van der Waals surface area contributed by atoms with Crippen molar-refractivity contribution >= 4 is 11.8 Å². The zero-order valence-corrected chi connectivity index (χ0v) is 6.33. The average Bonchev–Trinajstić information content (AvgIpc) is 2.17. The number of imide groups is 1. The van der Waals surface area contributed by atoms with Crippen LogP contribution in [0.15, 0.2) is 24.3 Å². The monoisotopic (exact) mass is 151 g/mol. The number of carbonyl (C=O) groups excluding carboxylic acids is 2. The van der Waals surface area contributed by atoms with Crippen molar-refractivity contribution < 1.29 is 9.59 Å². The summed E-state index contributed by atoms with van der Waals surface area (Å²) in [5.41, 5.74) is 0.497. The Bertz CT molecular complexity index is 253. The molecule has 0 saturated carbocycles. The van der Waals surface area contributed by atoms with Crippen molar-refractivity contribution in [3.8, 4) is 0 Å². The molecular formula is C8H9NO2. The molecule has 0 unspecified atom stereocenters. The highest BCUT2D eigenvalue weighted by atomic mass is 16.2. The van der Waals surface area contributed by atoms with Gasteiger partial charge in [0.1, 0.15) is 0 Å². The van der Waals surface area contributed by atoms with Gasteiger partial charge < -0.3 is 0 Å². The molecule has 58 valence electrons. The third-order valence-electron chi connectivity index (χ3n) is 1.50. The van der Waals surface area contributed by atoms with Crippen LogP contribution in [0.5, 0.6) is 0 Å². The normalized spacial score (nSPS) is 17.2. The van der Waals surface area contributed by atoms with E-state index in [0.717, 1.165) is 4.90 Å². The van der Waals surface area contributed by atoms with E-state index in [2.05, 4.69) is 6.58 Å². The van der Waals surface area contributed by atoms with E-state index in [1.54, 1.807) is 6.92 Å². The van der Waals surface area contributed by atoms with E-state index in [4.69, 9.17) is 0 Å². The summed E-state index contributed by atoms with van der Waals surface area (Å²) >= 11 is 0. The number of carbonyl (C=O) groups is 2. The number of hydrogen-bond acceptors (Lipinski definition) is 2. The maximum Gasteiger partial charge on any atom is 0.256 e. The molecule has 3 heteroatoms. The summed E-state index contributed by atoms with van der Waals surface area (Å²) in [6.45, 7) is 5.37. The first kappa shape index (κ1) is 7.72. The van der Waals surface area contributed by atoms with E-state index < -0.39 is 0 Å². The van der Waals surface area contributed by atoms with E-state index in [0.29, 0.717) is 12.1 Å². The topological polar surface area (TPSA) is 37.4 Å². The minimum atomic E-state index is -0.243. The largest absolute Gasteiger partial charge is 0.271 e. The molecule has 0 aromatic carbocycles. The molecule has 0 fully saturated rings. The Hall–Kier alpha value is -1.38. The van der Waals surface area contributed by atoms with Crippen LogP contribution in [0.1, 0.15) is 6.92 Å². The van der Waals surface area contributed by atoms with Crippen LogP contribution in [0.25, 0.3) is 0 Å². The molecule has 11 heavy (non-hydrogen) atoms. The number of nitrogens with zero attached hydrogens (tertiary/aromatic N) is 1. The molecule has 0 saturated heterocycles. The molecule has 0 N–H and O–H groups in total. The van der Waals surface area contributed by atoms with E-state index >= 15 is 0 Å². The molecule has 0 aromatic rings. The third-order valence-corrected chi connectivity index (χ3v) is 1.50. The first-order chi connectivity index (χ1) is 5.16. The first-order valence-electron chi connectivity index (χ1n) is 3.32. The molecule has 1 heterocycles. The predicted octanol–water partition coefficient (Wildman–Crippen LogP) is 0.488. The van der Waals surface area contributed by atoms with E-state index in [1.807, 2.05) is 0 Å². The Morgan fingerprint density at radius 1 is 1.64 bits per heavy atom. The standard InChI is InChI=1S/C8H9NO2/c1-3-4-9-7(10)5-6(2)8(9)11/h3,5H,1,4H2,2H3. The summed E-state index contributed by atoms with van der Waals surface area (Å²) < 4.78 is 0. The van der Waals surface area contributed by atoms with Crippen molar-refractivity contribution in [3.63, 3.8) is 0 Å². The van der Waals surface area contributed by atoms with Gasteiger partial charge in [0.2, 0.25) is 0 Å². The molecule has 1 aliphatic rings. The molecule has 3 nitrogen and oxygen atoms in total. The number of hydrogen-bond donors (Lipinski definition) is 0. The molecule has 0 bridgehead atoms. The Morgan fingerprint density at radius 2 is 2.27 bits per heavy atom. The van der Waals surface area contributed by atoms with Crippen LogP contribution in [-0.4, -0.2) is 23.3 Å². The molecule has 0 radical (unpaired) electrons. The lowest BCUT2D eigenvalue weighted by Crippen LogP contribution is -2.30. The molecular weight excluding hydrogens is 142 g/mol. The summed E-state index contributed by atoms with van der Waals surface area (Å²) in [7, 11) is 0. The van der Waals surface area contributed by atoms with Gasteiger partial charge in [0.25, 0.3) is 11.8 Å². The van der Waals surface area contributed by atoms with Crippen LogP contribution < -0.4 is 0 Å². The van der Waals surface area contributed by atoms with Gasteiger partial charge in [-0.05, 0) is 6.92 Å². The highest BCUT2D eigenvalue weighted by molar-refractivity contribution is 6.15. The van der Waals surface area contributed by atoms with Crippen molar-refractivity contribution in [3.05, 3.63) is 24.3 Å². The van der Waals surface area contributed by atoms with Gasteiger partial charge in [0.15, 0.2) is 0 Å². The maximum absolute atomic E-state index is 11.1. The van der Waals surface area contributed by atoms with Crippen LogP contribution in [0, 0.1) is 0 Å². The summed E-state index contributed by atoms with van der Waals surface area (Å²) in [6, 6.07) is 0. The highest BCUT2D eigenvalue weighted by Crippen LogP contribution is 2.10. The first-order valence-corrected chi connectivity index (χ1v) is 3.32. The fourth-order valence-corrected chi connectivity index (χ4v) is 0.940. The van der Waals surface area contributed by atoms with Gasteiger partial charge in [-0.1, -0.05) is 6.08 Å². The second-order valence-corrected chi connectivity index (χ2v) is 2.37. The van der Waals surface area contributed by atoms with Crippen molar-refractivity contribution in [2.75, 3.05) is 6.54 Å². The van der Waals surface area contributed by atoms with Crippen LogP contribution >= 0.6 is 0 Å². The Labute approximate surface area is 65.0 Å². The quantitative estimate of drug-likeness (QED) is 0.425. The molecule has 0 aliphatic carbocycles. The van der Waals surface area contributed by atoms with E-state index in [-0.39, 0.29) is 11.8 Å². The van der Waals surface area contributed by atoms with Gasteiger partial charge in [-0.2, -0.15) is 0 Å². The van der Waals surface area contributed by atoms with Gasteiger partial charge in [-0.25, -0.2) is 0 Å². The fraction of sp³-hybridized carbons (Fsp3) is 0.250. The molecule has 1 rings (SSSR count). The van der Waals surface area contributed by atoms with E-state index in [9.17, 15) is 9.59 Å². The Kier molecular flexibility index (Phi) is 1.89. The second-order valence-electron chi connectivity index (χ2n) is 2.37. The highest BCUT2D eigenvalue weighted by Gasteiger charge is 2.26. The van der Waals surface area contributed by atoms with Gasteiger partial charge in [0.05, 0.1) is 0 Å². The molecule has 1 aliphatic heterocycles. The van der Waals surface area contributed by atoms with Crippen molar-refractivity contribution in [1.29, 1.82) is 0 Å². The second kappa shape index (κ2) is 2.70. The van der Waals surface area contributed by atoms with Crippen LogP contribution in [0.3, 0.4) is 0 Å². The number of amides is 2. The van der Waals surface area contributed by atoms with Crippen LogP contribution in [0.4, 0.5) is 0 Å². The fourth-order valence-electron chi connectivity index (χ4n) is 0.940. The van der Waals surface area contributed by atoms with Crippen LogP contribution in [-0.2, 0) is 9.59 Å². The lowest BCUT2D eigenvalue weighted by atomic mass is 10.3. The Balaban J connectivity index is 2.80. The van der Waals surface area contributed by atoms with Gasteiger partial charge in [-0.3, -0.25) is 14.5 Å². The van der Waals surface area contributed by atoms with Gasteiger partial charge in [0, 0.05) is 18.2 Å². The van der Waals surface area contributed by atoms with Gasteiger partial charge in [-0.15, -0.1) is 6.58 Å². The maximum atomic E-state index is 11.1. The van der Waals surface area contributed by atoms with Crippen molar-refractivity contribution in [2.24, 2.45) is 0 Å². The summed E-state index contributed by atoms with van der Waals surface area (Å²) in [5.74, 6) is -0.456. The molecule has 0 spiro atoms. The lowest BCUT2D eigenvalue weighted by Gasteiger charge is -2.10. The van der Waals surface area contributed by atoms with Crippen LogP contribution in [0.2, 0.25) is 0 Å². The predicted molar refractivity (Wildman–Crippen MR) is 40.7 cm³/mol. The molecule has 0 atom stereocenters. The van der Waals surface area contributed by atoms with Gasteiger partial charge >= 0.3 is 0 Å². The van der Waals surface area contributed by atoms with E-state index in [1.165, 1.54) is 12.2 Å². The zero-order valence-electron chi connectivity index (χ0n) is 6.33. The minimum Gasteiger partial charge on any atom is -0.271 e. The zero-order chi connectivity index (χ0) is 8.43. The van der Waals surface area contributed by atoms with Crippen molar-refractivity contribution in [1.82, 2.24) is 4.90 Å². The van der Waals surface area contributed by atoms with Crippen molar-refractivity contribution in [2.45, 2.75) is 6.92 Å². The number of rotatable bonds is 2. The lowest BCUT2D eigenvalue weighted by molar-refractivity contribution is -0.136. The third kappa shape index (κ3) is 1.22. The average molecular weight is 151 g/mol. The Morgan fingerprint density at radius 3 is 2.64 bits per heavy atom.